The van der Waals surface area contributed by atoms with Gasteiger partial charge in [0.25, 0.3) is 5.91 Å². The third-order valence-electron chi connectivity index (χ3n) is 4.75. The third kappa shape index (κ3) is 2.99. The van der Waals surface area contributed by atoms with Gasteiger partial charge >= 0.3 is 0 Å². The van der Waals surface area contributed by atoms with Gasteiger partial charge in [0.1, 0.15) is 0 Å². The summed E-state index contributed by atoms with van der Waals surface area (Å²) in [6.45, 7) is 0. The number of nitrogens with two attached hydrogens (primary N) is 1. The maximum absolute atomic E-state index is 12.6. The summed E-state index contributed by atoms with van der Waals surface area (Å²) < 4.78 is 0. The number of carbonyl (C=O) groups excluding carboxylic acids is 1. The number of carbonyl (C=O) groups is 1. The Morgan fingerprint density at radius 2 is 1.90 bits per heavy atom. The monoisotopic (exact) mass is 322 g/mol. The van der Waals surface area contributed by atoms with E-state index in [1.54, 1.807) is 11.3 Å². The molecule has 1 fully saturated rings. The number of amides is 1. The Kier molecular flexibility index (Phi) is 4.31. The number of thiocarbonyl (C=S) groups is 1. The quantitative estimate of drug-likeness (QED) is 0.663. The molecule has 1 saturated carbocycles. The molecule has 0 spiro atoms. The number of rotatable bonds is 3. The summed E-state index contributed by atoms with van der Waals surface area (Å²) in [5, 5.41) is 3.18. The van der Waals surface area contributed by atoms with Gasteiger partial charge in [-0.25, -0.2) is 0 Å². The second-order valence-corrected chi connectivity index (χ2v) is 7.80. The van der Waals surface area contributed by atoms with E-state index in [1.165, 1.54) is 29.7 Å². The molecular weight excluding hydrogens is 300 g/mol. The standard InChI is InChI=1S/C16H22N2OS2/c17-15(20)16(8-3-1-2-4-9-16)18-14(19)13-10-11-6-5-7-12(11)21-13/h10H,1-9H2,(H2,17,20)(H,18,19). The van der Waals surface area contributed by atoms with Gasteiger partial charge in [-0.15, -0.1) is 11.3 Å². The van der Waals surface area contributed by atoms with Crippen LogP contribution in [-0.4, -0.2) is 16.4 Å². The zero-order valence-corrected chi connectivity index (χ0v) is 13.9. The number of thiophene rings is 1. The van der Waals surface area contributed by atoms with Crippen LogP contribution >= 0.6 is 23.6 Å². The first-order valence-corrected chi connectivity index (χ1v) is 9.07. The minimum absolute atomic E-state index is 0.00380. The van der Waals surface area contributed by atoms with Crippen molar-refractivity contribution in [2.24, 2.45) is 5.73 Å². The minimum Gasteiger partial charge on any atom is -0.391 e. The molecule has 3 nitrogen and oxygen atoms in total. The van der Waals surface area contributed by atoms with Gasteiger partial charge in [0.15, 0.2) is 0 Å². The van der Waals surface area contributed by atoms with Crippen molar-refractivity contribution in [3.63, 3.8) is 0 Å². The highest BCUT2D eigenvalue weighted by atomic mass is 32.1. The zero-order chi connectivity index (χ0) is 14.9. The maximum Gasteiger partial charge on any atom is 0.262 e. The maximum atomic E-state index is 12.6. The van der Waals surface area contributed by atoms with Gasteiger partial charge in [0.2, 0.25) is 0 Å². The minimum atomic E-state index is -0.475. The van der Waals surface area contributed by atoms with Crippen molar-refractivity contribution < 1.29 is 4.79 Å². The molecule has 0 atom stereocenters. The van der Waals surface area contributed by atoms with Crippen LogP contribution in [0.3, 0.4) is 0 Å². The number of aryl methyl sites for hydroxylation is 2. The molecule has 0 saturated heterocycles. The van der Waals surface area contributed by atoms with Crippen LogP contribution in [0, 0.1) is 0 Å². The molecule has 0 aliphatic heterocycles. The molecule has 5 heteroatoms. The van der Waals surface area contributed by atoms with E-state index in [9.17, 15) is 4.79 Å². The van der Waals surface area contributed by atoms with Crippen molar-refractivity contribution in [2.45, 2.75) is 63.3 Å². The first-order chi connectivity index (χ1) is 10.1. The van der Waals surface area contributed by atoms with Gasteiger partial charge in [0, 0.05) is 4.88 Å². The van der Waals surface area contributed by atoms with Crippen molar-refractivity contribution in [1.82, 2.24) is 5.32 Å². The van der Waals surface area contributed by atoms with E-state index in [1.807, 2.05) is 0 Å². The molecule has 1 amide bonds. The SMILES string of the molecule is NC(=S)C1(NC(=O)c2cc3c(s2)CCC3)CCCCCC1. The van der Waals surface area contributed by atoms with E-state index < -0.39 is 5.54 Å². The number of hydrogen-bond donors (Lipinski definition) is 2. The Bertz CT molecular complexity index is 535. The molecule has 2 aliphatic carbocycles. The molecule has 0 bridgehead atoms. The molecule has 21 heavy (non-hydrogen) atoms. The Hall–Kier alpha value is -0.940. The molecule has 0 unspecified atom stereocenters. The molecule has 2 aliphatic rings. The molecule has 3 rings (SSSR count). The van der Waals surface area contributed by atoms with Crippen LogP contribution in [0.4, 0.5) is 0 Å². The van der Waals surface area contributed by atoms with Gasteiger partial charge in [-0.2, -0.15) is 0 Å². The largest absolute Gasteiger partial charge is 0.391 e. The predicted molar refractivity (Wildman–Crippen MR) is 91.0 cm³/mol. The summed E-state index contributed by atoms with van der Waals surface area (Å²) in [7, 11) is 0. The van der Waals surface area contributed by atoms with Crippen molar-refractivity contribution in [1.29, 1.82) is 0 Å². The van der Waals surface area contributed by atoms with Gasteiger partial charge < -0.3 is 11.1 Å². The van der Waals surface area contributed by atoms with Crippen molar-refractivity contribution in [3.05, 3.63) is 21.4 Å². The van der Waals surface area contributed by atoms with Gasteiger partial charge in [0.05, 0.1) is 15.4 Å². The fraction of sp³-hybridized carbons (Fsp3) is 0.625. The van der Waals surface area contributed by atoms with Gasteiger partial charge in [-0.05, 0) is 43.7 Å². The fourth-order valence-electron chi connectivity index (χ4n) is 3.48. The Morgan fingerprint density at radius 1 is 1.19 bits per heavy atom. The summed E-state index contributed by atoms with van der Waals surface area (Å²) >= 11 is 6.93. The first-order valence-electron chi connectivity index (χ1n) is 7.85. The van der Waals surface area contributed by atoms with E-state index in [0.29, 0.717) is 4.99 Å². The van der Waals surface area contributed by atoms with Gasteiger partial charge in [-0.3, -0.25) is 4.79 Å². The highest BCUT2D eigenvalue weighted by molar-refractivity contribution is 7.80. The summed E-state index contributed by atoms with van der Waals surface area (Å²) in [6.07, 6.45) is 9.77. The summed E-state index contributed by atoms with van der Waals surface area (Å²) in [4.78, 5) is 15.3. The average Bonchev–Trinajstić information content (AvgIpc) is 2.95. The third-order valence-corrected chi connectivity index (χ3v) is 6.38. The van der Waals surface area contributed by atoms with E-state index in [0.717, 1.165) is 43.4 Å². The molecule has 0 radical (unpaired) electrons. The number of nitrogens with one attached hydrogen (secondary N) is 1. The van der Waals surface area contributed by atoms with E-state index >= 15 is 0 Å². The molecule has 114 valence electrons. The van der Waals surface area contributed by atoms with Crippen LogP contribution in [0.1, 0.15) is 65.1 Å². The molecule has 0 aromatic carbocycles. The summed E-state index contributed by atoms with van der Waals surface area (Å²) in [5.74, 6) is 0.00380. The van der Waals surface area contributed by atoms with E-state index in [4.69, 9.17) is 18.0 Å². The van der Waals surface area contributed by atoms with Crippen LogP contribution in [0.5, 0.6) is 0 Å². The predicted octanol–water partition coefficient (Wildman–Crippen LogP) is 3.35. The van der Waals surface area contributed by atoms with E-state index in [-0.39, 0.29) is 5.91 Å². The van der Waals surface area contributed by atoms with E-state index in [2.05, 4.69) is 11.4 Å². The van der Waals surface area contributed by atoms with Crippen LogP contribution in [0.25, 0.3) is 0 Å². The lowest BCUT2D eigenvalue weighted by Gasteiger charge is -2.32. The van der Waals surface area contributed by atoms with Crippen molar-refractivity contribution in [3.8, 4) is 0 Å². The smallest absolute Gasteiger partial charge is 0.262 e. The zero-order valence-electron chi connectivity index (χ0n) is 12.2. The summed E-state index contributed by atoms with van der Waals surface area (Å²) in [6, 6.07) is 2.06. The second-order valence-electron chi connectivity index (χ2n) is 6.23. The molecular formula is C16H22N2OS2. The van der Waals surface area contributed by atoms with Crippen molar-refractivity contribution >= 4 is 34.5 Å². The lowest BCUT2D eigenvalue weighted by molar-refractivity contribution is 0.0921. The molecule has 1 aromatic heterocycles. The summed E-state index contributed by atoms with van der Waals surface area (Å²) in [5.41, 5.74) is 6.87. The molecule has 1 heterocycles. The highest BCUT2D eigenvalue weighted by Crippen LogP contribution is 2.32. The normalized spacial score (nSPS) is 20.6. The van der Waals surface area contributed by atoms with Crippen LogP contribution < -0.4 is 11.1 Å². The van der Waals surface area contributed by atoms with Crippen LogP contribution in [0.2, 0.25) is 0 Å². The van der Waals surface area contributed by atoms with Gasteiger partial charge in [-0.1, -0.05) is 37.9 Å². The first kappa shape index (κ1) is 15.0. The highest BCUT2D eigenvalue weighted by Gasteiger charge is 2.36. The lowest BCUT2D eigenvalue weighted by atomic mass is 9.90. The molecule has 3 N–H and O–H groups in total. The van der Waals surface area contributed by atoms with Crippen LogP contribution in [0.15, 0.2) is 6.07 Å². The van der Waals surface area contributed by atoms with Crippen LogP contribution in [-0.2, 0) is 12.8 Å². The Balaban J connectivity index is 1.78. The molecule has 1 aromatic rings. The van der Waals surface area contributed by atoms with Crippen molar-refractivity contribution in [2.75, 3.05) is 0 Å². The Labute approximate surface area is 135 Å². The Morgan fingerprint density at radius 3 is 2.52 bits per heavy atom. The lowest BCUT2D eigenvalue weighted by Crippen LogP contribution is -2.56. The number of hydrogen-bond acceptors (Lipinski definition) is 3. The topological polar surface area (TPSA) is 55.1 Å². The fourth-order valence-corrected chi connectivity index (χ4v) is 4.89. The second kappa shape index (κ2) is 6.05. The average molecular weight is 322 g/mol. The number of fused-ring (bicyclic) bond motifs is 1.